The third-order valence-electron chi connectivity index (χ3n) is 2.16. The average molecular weight is 249 g/mol. The van der Waals surface area contributed by atoms with Crippen molar-refractivity contribution in [2.75, 3.05) is 11.9 Å². The third-order valence-corrected chi connectivity index (χ3v) is 2.16. The Kier molecular flexibility index (Phi) is 3.57. The molecule has 6 heteroatoms. The molecule has 0 aliphatic heterocycles. The zero-order valence-corrected chi connectivity index (χ0v) is 9.76. The van der Waals surface area contributed by atoms with Crippen molar-refractivity contribution in [2.45, 2.75) is 0 Å². The van der Waals surface area contributed by atoms with Gasteiger partial charge < -0.3 is 10.1 Å². The first-order valence-electron chi connectivity index (χ1n) is 5.31. The predicted molar refractivity (Wildman–Crippen MR) is 63.7 cm³/mol. The largest absolute Gasteiger partial charge is 0.484 e. The molecule has 1 amide bonds. The molecular weight excluding hydrogens is 237 g/mol. The normalized spacial score (nSPS) is 10.1. The number of ether oxygens (including phenoxy) is 1. The van der Waals surface area contributed by atoms with Crippen molar-refractivity contribution in [2.24, 2.45) is 7.05 Å². The minimum Gasteiger partial charge on any atom is -0.484 e. The molecule has 2 aromatic rings. The molecule has 1 N–H and O–H groups in total. The lowest BCUT2D eigenvalue weighted by Crippen LogP contribution is -2.20. The Bertz CT molecular complexity index is 537. The summed E-state index contributed by atoms with van der Waals surface area (Å²) in [4.78, 5) is 11.5. The molecule has 0 aliphatic carbocycles. The monoisotopic (exact) mass is 249 g/mol. The number of nitrogens with one attached hydrogen (secondary N) is 1. The predicted octanol–water partition coefficient (Wildman–Crippen LogP) is 1.58. The highest BCUT2D eigenvalue weighted by Crippen LogP contribution is 2.11. The van der Waals surface area contributed by atoms with Crippen molar-refractivity contribution in [3.8, 4) is 5.75 Å². The number of halogens is 1. The highest BCUT2D eigenvalue weighted by atomic mass is 19.1. The Morgan fingerprint density at radius 1 is 1.39 bits per heavy atom. The number of benzene rings is 1. The van der Waals surface area contributed by atoms with Gasteiger partial charge in [-0.2, -0.15) is 5.10 Å². The van der Waals surface area contributed by atoms with E-state index in [-0.39, 0.29) is 18.3 Å². The van der Waals surface area contributed by atoms with E-state index in [1.807, 2.05) is 0 Å². The van der Waals surface area contributed by atoms with Gasteiger partial charge in [0.15, 0.2) is 12.4 Å². The standard InChI is InChI=1S/C12H12FN3O2/c1-16-7-6-11(15-16)14-12(17)8-18-10-4-2-9(13)3-5-10/h2-7H,8H2,1H3,(H,14,15,17). The summed E-state index contributed by atoms with van der Waals surface area (Å²) in [6.45, 7) is -0.151. The van der Waals surface area contributed by atoms with Crippen LogP contribution in [-0.2, 0) is 11.8 Å². The summed E-state index contributed by atoms with van der Waals surface area (Å²) >= 11 is 0. The van der Waals surface area contributed by atoms with E-state index in [4.69, 9.17) is 4.74 Å². The van der Waals surface area contributed by atoms with E-state index in [0.29, 0.717) is 11.6 Å². The van der Waals surface area contributed by atoms with Gasteiger partial charge in [-0.05, 0) is 24.3 Å². The molecule has 18 heavy (non-hydrogen) atoms. The lowest BCUT2D eigenvalue weighted by atomic mass is 10.3. The van der Waals surface area contributed by atoms with Gasteiger partial charge in [0.25, 0.3) is 5.91 Å². The molecule has 1 aromatic heterocycles. The lowest BCUT2D eigenvalue weighted by Gasteiger charge is -2.05. The van der Waals surface area contributed by atoms with Gasteiger partial charge in [0.1, 0.15) is 11.6 Å². The SMILES string of the molecule is Cn1ccc(NC(=O)COc2ccc(F)cc2)n1. The van der Waals surface area contributed by atoms with Gasteiger partial charge in [0.2, 0.25) is 0 Å². The zero-order valence-electron chi connectivity index (χ0n) is 9.76. The number of hydrogen-bond acceptors (Lipinski definition) is 3. The van der Waals surface area contributed by atoms with Crippen LogP contribution in [-0.4, -0.2) is 22.3 Å². The number of carbonyl (C=O) groups is 1. The number of carbonyl (C=O) groups excluding carboxylic acids is 1. The minimum absolute atomic E-state index is 0.151. The summed E-state index contributed by atoms with van der Waals surface area (Å²) in [6, 6.07) is 7.14. The fourth-order valence-corrected chi connectivity index (χ4v) is 1.34. The highest BCUT2D eigenvalue weighted by molar-refractivity contribution is 5.90. The molecule has 0 bridgehead atoms. The Balaban J connectivity index is 1.83. The van der Waals surface area contributed by atoms with E-state index in [0.717, 1.165) is 0 Å². The molecular formula is C12H12FN3O2. The van der Waals surface area contributed by atoms with Crippen molar-refractivity contribution in [3.63, 3.8) is 0 Å². The number of rotatable bonds is 4. The molecule has 0 saturated heterocycles. The van der Waals surface area contributed by atoms with Crippen molar-refractivity contribution in [3.05, 3.63) is 42.3 Å². The maximum atomic E-state index is 12.6. The second-order valence-electron chi connectivity index (χ2n) is 3.67. The van der Waals surface area contributed by atoms with Crippen molar-refractivity contribution in [1.29, 1.82) is 0 Å². The van der Waals surface area contributed by atoms with E-state index in [1.165, 1.54) is 24.3 Å². The van der Waals surface area contributed by atoms with Crippen LogP contribution in [0.5, 0.6) is 5.75 Å². The molecule has 5 nitrogen and oxygen atoms in total. The van der Waals surface area contributed by atoms with Gasteiger partial charge in [-0.1, -0.05) is 0 Å². The maximum absolute atomic E-state index is 12.6. The topological polar surface area (TPSA) is 56.2 Å². The van der Waals surface area contributed by atoms with Gasteiger partial charge in [0.05, 0.1) is 0 Å². The van der Waals surface area contributed by atoms with Gasteiger partial charge in [-0.15, -0.1) is 0 Å². The number of nitrogens with zero attached hydrogens (tertiary/aromatic N) is 2. The van der Waals surface area contributed by atoms with E-state index in [9.17, 15) is 9.18 Å². The lowest BCUT2D eigenvalue weighted by molar-refractivity contribution is -0.118. The number of hydrogen-bond donors (Lipinski definition) is 1. The fourth-order valence-electron chi connectivity index (χ4n) is 1.34. The number of anilines is 1. The first-order chi connectivity index (χ1) is 8.63. The molecule has 1 heterocycles. The van der Waals surface area contributed by atoms with Crippen LogP contribution in [0.1, 0.15) is 0 Å². The number of aryl methyl sites for hydroxylation is 1. The van der Waals surface area contributed by atoms with Crippen molar-refractivity contribution < 1.29 is 13.9 Å². The summed E-state index contributed by atoms with van der Waals surface area (Å²) in [5.41, 5.74) is 0. The fraction of sp³-hybridized carbons (Fsp3) is 0.167. The average Bonchev–Trinajstić information content (AvgIpc) is 2.74. The molecule has 0 atom stereocenters. The van der Waals surface area contributed by atoms with Crippen LogP contribution < -0.4 is 10.1 Å². The summed E-state index contributed by atoms with van der Waals surface area (Å²) in [7, 11) is 1.75. The molecule has 0 radical (unpaired) electrons. The first kappa shape index (κ1) is 12.1. The van der Waals surface area contributed by atoms with Crippen LogP contribution in [0.4, 0.5) is 10.2 Å². The number of aromatic nitrogens is 2. The van der Waals surface area contributed by atoms with Crippen LogP contribution in [0.25, 0.3) is 0 Å². The zero-order chi connectivity index (χ0) is 13.0. The quantitative estimate of drug-likeness (QED) is 0.895. The van der Waals surface area contributed by atoms with Crippen molar-refractivity contribution in [1.82, 2.24) is 9.78 Å². The molecule has 0 spiro atoms. The third kappa shape index (κ3) is 3.31. The second kappa shape index (κ2) is 5.31. The van der Waals surface area contributed by atoms with E-state index >= 15 is 0 Å². The van der Waals surface area contributed by atoms with Crippen LogP contribution >= 0.6 is 0 Å². The highest BCUT2D eigenvalue weighted by Gasteiger charge is 2.05. The Labute approximate surface area is 103 Å². The van der Waals surface area contributed by atoms with Crippen molar-refractivity contribution >= 4 is 11.7 Å². The van der Waals surface area contributed by atoms with Crippen LogP contribution in [0.2, 0.25) is 0 Å². The summed E-state index contributed by atoms with van der Waals surface area (Å²) < 4.78 is 19.4. The van der Waals surface area contributed by atoms with Gasteiger partial charge in [0, 0.05) is 19.3 Å². The Hall–Kier alpha value is -2.37. The molecule has 0 fully saturated rings. The Morgan fingerprint density at radius 2 is 2.11 bits per heavy atom. The molecule has 0 aliphatic rings. The molecule has 94 valence electrons. The first-order valence-corrected chi connectivity index (χ1v) is 5.31. The second-order valence-corrected chi connectivity index (χ2v) is 3.67. The molecule has 2 rings (SSSR count). The van der Waals surface area contributed by atoms with Gasteiger partial charge in [-0.3, -0.25) is 9.48 Å². The maximum Gasteiger partial charge on any atom is 0.263 e. The minimum atomic E-state index is -0.347. The van der Waals surface area contributed by atoms with E-state index in [1.54, 1.807) is 24.0 Å². The smallest absolute Gasteiger partial charge is 0.263 e. The van der Waals surface area contributed by atoms with Crippen LogP contribution in [0.15, 0.2) is 36.5 Å². The van der Waals surface area contributed by atoms with Gasteiger partial charge >= 0.3 is 0 Å². The Morgan fingerprint density at radius 3 is 2.72 bits per heavy atom. The van der Waals surface area contributed by atoms with Gasteiger partial charge in [-0.25, -0.2) is 4.39 Å². The molecule has 0 unspecified atom stereocenters. The number of amides is 1. The summed E-state index contributed by atoms with van der Waals surface area (Å²) in [5.74, 6) is 0.232. The molecule has 1 aromatic carbocycles. The van der Waals surface area contributed by atoms with E-state index in [2.05, 4.69) is 10.4 Å². The van der Waals surface area contributed by atoms with E-state index < -0.39 is 0 Å². The van der Waals surface area contributed by atoms with Crippen LogP contribution in [0.3, 0.4) is 0 Å². The summed E-state index contributed by atoms with van der Waals surface area (Å²) in [6.07, 6.45) is 1.72. The summed E-state index contributed by atoms with van der Waals surface area (Å²) in [5, 5.41) is 6.57. The van der Waals surface area contributed by atoms with Crippen LogP contribution in [0, 0.1) is 5.82 Å². The molecule has 0 saturated carbocycles.